The third-order valence-electron chi connectivity index (χ3n) is 3.63. The molecule has 0 spiro atoms. The van der Waals surface area contributed by atoms with E-state index in [2.05, 4.69) is 15.5 Å². The molecule has 2 N–H and O–H groups in total. The molecule has 2 rings (SSSR count). The fraction of sp³-hybridized carbons (Fsp3) is 0.692. The van der Waals surface area contributed by atoms with Gasteiger partial charge in [-0.3, -0.25) is 9.89 Å². The zero-order chi connectivity index (χ0) is 12.8. The minimum absolute atomic E-state index is 0.299. The van der Waals surface area contributed by atoms with Crippen molar-refractivity contribution in [2.45, 2.75) is 31.6 Å². The summed E-state index contributed by atoms with van der Waals surface area (Å²) in [5.41, 5.74) is 1.21. The molecule has 1 aliphatic rings. The van der Waals surface area contributed by atoms with Gasteiger partial charge >= 0.3 is 0 Å². The number of aromatic nitrogens is 2. The third-order valence-corrected chi connectivity index (χ3v) is 3.63. The maximum Gasteiger partial charge on any atom is 0.222 e. The van der Waals surface area contributed by atoms with Crippen LogP contribution in [0, 0.1) is 0 Å². The van der Waals surface area contributed by atoms with Crippen LogP contribution in [0.4, 0.5) is 0 Å². The highest BCUT2D eigenvalue weighted by molar-refractivity contribution is 5.76. The Bertz CT molecular complexity index is 355. The highest BCUT2D eigenvalue weighted by atomic mass is 16.2. The fourth-order valence-corrected chi connectivity index (χ4v) is 2.51. The molecule has 1 saturated heterocycles. The molecular weight excluding hydrogens is 228 g/mol. The largest absolute Gasteiger partial charge is 0.343 e. The number of nitrogens with one attached hydrogen (secondary N) is 2. The van der Waals surface area contributed by atoms with Crippen LogP contribution in [-0.4, -0.2) is 47.7 Å². The van der Waals surface area contributed by atoms with Crippen molar-refractivity contribution in [1.82, 2.24) is 20.4 Å². The standard InChI is InChI=1S/C13H22N4O/c1-14-7-2-3-13(18)17-9-5-11(6-10-17)12-4-8-15-16-12/h4,8,11,14H,2-3,5-7,9-10H2,1H3,(H,15,16). The Kier molecular flexibility index (Phi) is 4.75. The minimum atomic E-state index is 0.299. The van der Waals surface area contributed by atoms with Gasteiger partial charge in [0.15, 0.2) is 0 Å². The number of likely N-dealkylation sites (tertiary alicyclic amines) is 1. The molecule has 0 atom stereocenters. The van der Waals surface area contributed by atoms with Crippen molar-refractivity contribution in [3.8, 4) is 0 Å². The summed E-state index contributed by atoms with van der Waals surface area (Å²) < 4.78 is 0. The van der Waals surface area contributed by atoms with E-state index in [0.717, 1.165) is 38.9 Å². The summed E-state index contributed by atoms with van der Waals surface area (Å²) in [6.07, 6.45) is 5.47. The van der Waals surface area contributed by atoms with E-state index in [1.165, 1.54) is 5.69 Å². The molecule has 0 aromatic carbocycles. The summed E-state index contributed by atoms with van der Waals surface area (Å²) in [6, 6.07) is 2.04. The van der Waals surface area contributed by atoms with E-state index in [1.54, 1.807) is 6.20 Å². The second-order valence-corrected chi connectivity index (χ2v) is 4.87. The van der Waals surface area contributed by atoms with Crippen LogP contribution in [0.25, 0.3) is 0 Å². The van der Waals surface area contributed by atoms with Crippen LogP contribution in [0.2, 0.25) is 0 Å². The first-order chi connectivity index (χ1) is 8.81. The number of amides is 1. The van der Waals surface area contributed by atoms with Gasteiger partial charge in [0.2, 0.25) is 5.91 Å². The predicted octanol–water partition coefficient (Wildman–Crippen LogP) is 1.12. The summed E-state index contributed by atoms with van der Waals surface area (Å²) in [4.78, 5) is 13.9. The summed E-state index contributed by atoms with van der Waals surface area (Å²) in [5.74, 6) is 0.835. The van der Waals surface area contributed by atoms with Crippen molar-refractivity contribution in [3.05, 3.63) is 18.0 Å². The molecule has 5 nitrogen and oxygen atoms in total. The minimum Gasteiger partial charge on any atom is -0.343 e. The zero-order valence-electron chi connectivity index (χ0n) is 11.0. The molecule has 18 heavy (non-hydrogen) atoms. The number of piperidine rings is 1. The zero-order valence-corrected chi connectivity index (χ0v) is 11.0. The van der Waals surface area contributed by atoms with Crippen LogP contribution in [0.1, 0.15) is 37.3 Å². The smallest absolute Gasteiger partial charge is 0.222 e. The number of carbonyl (C=O) groups excluding carboxylic acids is 1. The number of H-pyrrole nitrogens is 1. The van der Waals surface area contributed by atoms with E-state index in [4.69, 9.17) is 0 Å². The molecule has 1 aromatic rings. The van der Waals surface area contributed by atoms with Gasteiger partial charge in [-0.05, 0) is 38.9 Å². The van der Waals surface area contributed by atoms with Crippen LogP contribution in [0.3, 0.4) is 0 Å². The van der Waals surface area contributed by atoms with Crippen molar-refractivity contribution < 1.29 is 4.79 Å². The number of rotatable bonds is 5. The van der Waals surface area contributed by atoms with Gasteiger partial charge < -0.3 is 10.2 Å². The highest BCUT2D eigenvalue weighted by Crippen LogP contribution is 2.26. The van der Waals surface area contributed by atoms with E-state index < -0.39 is 0 Å². The van der Waals surface area contributed by atoms with Crippen molar-refractivity contribution in [2.24, 2.45) is 0 Å². The second kappa shape index (κ2) is 6.54. The molecule has 100 valence electrons. The van der Waals surface area contributed by atoms with E-state index in [1.807, 2.05) is 18.0 Å². The SMILES string of the molecule is CNCCCC(=O)N1CCC(c2ccn[nH]2)CC1. The molecule has 0 bridgehead atoms. The Morgan fingerprint density at radius 3 is 2.94 bits per heavy atom. The van der Waals surface area contributed by atoms with Gasteiger partial charge in [-0.25, -0.2) is 0 Å². The molecule has 5 heteroatoms. The van der Waals surface area contributed by atoms with Gasteiger partial charge in [-0.2, -0.15) is 5.10 Å². The van der Waals surface area contributed by atoms with E-state index >= 15 is 0 Å². The Labute approximate surface area is 108 Å². The van der Waals surface area contributed by atoms with Gasteiger partial charge in [-0.15, -0.1) is 0 Å². The molecular formula is C13H22N4O. The number of hydrogen-bond acceptors (Lipinski definition) is 3. The number of nitrogens with zero attached hydrogens (tertiary/aromatic N) is 2. The normalized spacial score (nSPS) is 17.1. The van der Waals surface area contributed by atoms with Crippen LogP contribution in [-0.2, 0) is 4.79 Å². The lowest BCUT2D eigenvalue weighted by atomic mass is 9.93. The third kappa shape index (κ3) is 3.32. The summed E-state index contributed by atoms with van der Waals surface area (Å²) >= 11 is 0. The second-order valence-electron chi connectivity index (χ2n) is 4.87. The van der Waals surface area contributed by atoms with Crippen molar-refractivity contribution in [3.63, 3.8) is 0 Å². The van der Waals surface area contributed by atoms with Gasteiger partial charge in [-0.1, -0.05) is 0 Å². The monoisotopic (exact) mass is 250 g/mol. The first-order valence-corrected chi connectivity index (χ1v) is 6.73. The first-order valence-electron chi connectivity index (χ1n) is 6.73. The lowest BCUT2D eigenvalue weighted by Crippen LogP contribution is -2.38. The van der Waals surface area contributed by atoms with Gasteiger partial charge in [0.25, 0.3) is 0 Å². The first kappa shape index (κ1) is 13.1. The molecule has 1 aliphatic heterocycles. The van der Waals surface area contributed by atoms with Crippen molar-refractivity contribution in [1.29, 1.82) is 0 Å². The van der Waals surface area contributed by atoms with Crippen molar-refractivity contribution in [2.75, 3.05) is 26.7 Å². The summed E-state index contributed by atoms with van der Waals surface area (Å²) in [6.45, 7) is 2.67. The Morgan fingerprint density at radius 2 is 2.33 bits per heavy atom. The van der Waals surface area contributed by atoms with Gasteiger partial charge in [0.1, 0.15) is 0 Å². The highest BCUT2D eigenvalue weighted by Gasteiger charge is 2.23. The number of hydrogen-bond donors (Lipinski definition) is 2. The lowest BCUT2D eigenvalue weighted by molar-refractivity contribution is -0.132. The van der Waals surface area contributed by atoms with Crippen LogP contribution >= 0.6 is 0 Å². The lowest BCUT2D eigenvalue weighted by Gasteiger charge is -2.31. The summed E-state index contributed by atoms with van der Waals surface area (Å²) in [7, 11) is 1.92. The maximum atomic E-state index is 11.9. The maximum absolute atomic E-state index is 11.9. The summed E-state index contributed by atoms with van der Waals surface area (Å²) in [5, 5.41) is 10.1. The molecule has 1 amide bonds. The number of aromatic amines is 1. The van der Waals surface area contributed by atoms with Crippen LogP contribution in [0.15, 0.2) is 12.3 Å². The average molecular weight is 250 g/mol. The Balaban J connectivity index is 1.74. The van der Waals surface area contributed by atoms with E-state index in [9.17, 15) is 4.79 Å². The van der Waals surface area contributed by atoms with Crippen LogP contribution < -0.4 is 5.32 Å². The fourth-order valence-electron chi connectivity index (χ4n) is 2.51. The molecule has 1 fully saturated rings. The van der Waals surface area contributed by atoms with Gasteiger partial charge in [0, 0.05) is 37.3 Å². The molecule has 0 saturated carbocycles. The average Bonchev–Trinajstić information content (AvgIpc) is 2.93. The molecule has 0 aliphatic carbocycles. The molecule has 2 heterocycles. The molecule has 1 aromatic heterocycles. The van der Waals surface area contributed by atoms with E-state index in [0.29, 0.717) is 18.2 Å². The van der Waals surface area contributed by atoms with Gasteiger partial charge in [0.05, 0.1) is 0 Å². The van der Waals surface area contributed by atoms with E-state index in [-0.39, 0.29) is 0 Å². The molecule has 0 radical (unpaired) electrons. The molecule has 0 unspecified atom stereocenters. The Hall–Kier alpha value is -1.36. The topological polar surface area (TPSA) is 61.0 Å². The van der Waals surface area contributed by atoms with Crippen molar-refractivity contribution >= 4 is 5.91 Å². The Morgan fingerprint density at radius 1 is 1.56 bits per heavy atom. The van der Waals surface area contributed by atoms with Crippen LogP contribution in [0.5, 0.6) is 0 Å². The predicted molar refractivity (Wildman–Crippen MR) is 70.3 cm³/mol. The number of carbonyl (C=O) groups is 1. The quantitative estimate of drug-likeness (QED) is 0.770.